The van der Waals surface area contributed by atoms with E-state index in [1.165, 1.54) is 0 Å². The van der Waals surface area contributed by atoms with Gasteiger partial charge in [-0.1, -0.05) is 5.16 Å². The summed E-state index contributed by atoms with van der Waals surface area (Å²) in [6, 6.07) is 0. The Labute approximate surface area is 146 Å². The Balaban J connectivity index is 1.57. The Morgan fingerprint density at radius 2 is 1.96 bits per heavy atom. The summed E-state index contributed by atoms with van der Waals surface area (Å²) in [5.74, 6) is 1.08. The van der Waals surface area contributed by atoms with Gasteiger partial charge in [0.1, 0.15) is 17.6 Å². The van der Waals surface area contributed by atoms with Gasteiger partial charge in [-0.2, -0.15) is 0 Å². The standard InChI is InChI=1S/C19H23N3O3/c1-24-19-7-4-18(5-8-19,6-9-19)16-14(15(25-21-16)13-2-3-13)17(23)22-11-10-20-12-22/h10-13H,2-9H2,1H3. The number of imidazole rings is 1. The zero-order valence-electron chi connectivity index (χ0n) is 14.5. The summed E-state index contributed by atoms with van der Waals surface area (Å²) >= 11 is 0. The minimum Gasteiger partial charge on any atom is -0.378 e. The van der Waals surface area contributed by atoms with Crippen molar-refractivity contribution in [2.24, 2.45) is 0 Å². The zero-order valence-corrected chi connectivity index (χ0v) is 14.5. The maximum absolute atomic E-state index is 13.2. The van der Waals surface area contributed by atoms with E-state index in [0.29, 0.717) is 11.5 Å². The van der Waals surface area contributed by atoms with Crippen LogP contribution in [0.15, 0.2) is 23.2 Å². The summed E-state index contributed by atoms with van der Waals surface area (Å²) in [4.78, 5) is 17.2. The lowest BCUT2D eigenvalue weighted by Crippen LogP contribution is -2.49. The number of methoxy groups -OCH3 is 1. The molecule has 0 spiro atoms. The third-order valence-electron chi connectivity index (χ3n) is 6.73. The number of hydrogen-bond acceptors (Lipinski definition) is 5. The van der Waals surface area contributed by atoms with Crippen molar-refractivity contribution in [1.82, 2.24) is 14.7 Å². The average molecular weight is 341 g/mol. The smallest absolute Gasteiger partial charge is 0.268 e. The van der Waals surface area contributed by atoms with E-state index < -0.39 is 0 Å². The molecule has 25 heavy (non-hydrogen) atoms. The Morgan fingerprint density at radius 1 is 1.24 bits per heavy atom. The van der Waals surface area contributed by atoms with E-state index in [4.69, 9.17) is 9.26 Å². The summed E-state index contributed by atoms with van der Waals surface area (Å²) < 4.78 is 13.1. The van der Waals surface area contributed by atoms with Crippen LogP contribution in [0.5, 0.6) is 0 Å². The van der Waals surface area contributed by atoms with Crippen molar-refractivity contribution in [3.8, 4) is 0 Å². The van der Waals surface area contributed by atoms with Crippen molar-refractivity contribution in [3.05, 3.63) is 35.7 Å². The first kappa shape index (κ1) is 15.3. The molecule has 0 saturated heterocycles. The number of fused-ring (bicyclic) bond motifs is 3. The molecule has 2 bridgehead atoms. The topological polar surface area (TPSA) is 70.2 Å². The molecule has 2 aromatic heterocycles. The molecule has 4 saturated carbocycles. The summed E-state index contributed by atoms with van der Waals surface area (Å²) in [5, 5.41) is 4.48. The first-order valence-electron chi connectivity index (χ1n) is 9.24. The second kappa shape index (κ2) is 5.27. The van der Waals surface area contributed by atoms with Crippen LogP contribution >= 0.6 is 0 Å². The minimum absolute atomic E-state index is 0.0392. The van der Waals surface area contributed by atoms with Crippen LogP contribution in [-0.4, -0.2) is 33.3 Å². The molecule has 2 aromatic rings. The zero-order chi connectivity index (χ0) is 17.1. The van der Waals surface area contributed by atoms with Gasteiger partial charge < -0.3 is 9.26 Å². The Kier molecular flexibility index (Phi) is 3.23. The maximum Gasteiger partial charge on any atom is 0.268 e. The molecule has 0 amide bonds. The molecule has 2 heterocycles. The van der Waals surface area contributed by atoms with Crippen LogP contribution in [0.25, 0.3) is 0 Å². The molecule has 4 aliphatic carbocycles. The summed E-state index contributed by atoms with van der Waals surface area (Å²) in [6.45, 7) is 0. The van der Waals surface area contributed by atoms with Crippen LogP contribution in [0.2, 0.25) is 0 Å². The van der Waals surface area contributed by atoms with Gasteiger partial charge in [0, 0.05) is 30.8 Å². The fourth-order valence-electron chi connectivity index (χ4n) is 4.82. The van der Waals surface area contributed by atoms with Gasteiger partial charge >= 0.3 is 0 Å². The van der Waals surface area contributed by atoms with Crippen LogP contribution in [0.3, 0.4) is 0 Å². The third kappa shape index (κ3) is 2.23. The lowest BCUT2D eigenvalue weighted by Gasteiger charge is -2.52. The highest BCUT2D eigenvalue weighted by molar-refractivity contribution is 5.98. The van der Waals surface area contributed by atoms with Gasteiger partial charge in [0.2, 0.25) is 0 Å². The number of hydrogen-bond donors (Lipinski definition) is 0. The Hall–Kier alpha value is -1.95. The maximum atomic E-state index is 13.2. The lowest BCUT2D eigenvalue weighted by molar-refractivity contribution is -0.0967. The molecule has 6 heteroatoms. The fourth-order valence-corrected chi connectivity index (χ4v) is 4.82. The highest BCUT2D eigenvalue weighted by atomic mass is 16.5. The number of nitrogens with zero attached hydrogens (tertiary/aromatic N) is 3. The van der Waals surface area contributed by atoms with E-state index in [1.54, 1.807) is 23.3 Å². The normalized spacial score (nSPS) is 31.4. The second-order valence-electron chi connectivity index (χ2n) is 7.99. The first-order valence-corrected chi connectivity index (χ1v) is 9.24. The van der Waals surface area contributed by atoms with E-state index in [9.17, 15) is 4.79 Å². The van der Waals surface area contributed by atoms with E-state index in [2.05, 4.69) is 10.1 Å². The summed E-state index contributed by atoms with van der Waals surface area (Å²) in [6.07, 6.45) is 13.2. The number of carbonyl (C=O) groups is 1. The molecular weight excluding hydrogens is 318 g/mol. The lowest BCUT2D eigenvalue weighted by atomic mass is 9.57. The van der Waals surface area contributed by atoms with Gasteiger partial charge in [0.15, 0.2) is 5.76 Å². The monoisotopic (exact) mass is 341 g/mol. The minimum atomic E-state index is -0.0563. The number of aromatic nitrogens is 3. The summed E-state index contributed by atoms with van der Waals surface area (Å²) in [7, 11) is 1.83. The highest BCUT2D eigenvalue weighted by Crippen LogP contribution is 2.56. The highest BCUT2D eigenvalue weighted by Gasteiger charge is 2.53. The molecule has 0 atom stereocenters. The van der Waals surface area contributed by atoms with Gasteiger partial charge in [-0.3, -0.25) is 9.36 Å². The molecular formula is C19H23N3O3. The molecule has 0 aliphatic heterocycles. The quantitative estimate of drug-likeness (QED) is 0.852. The van der Waals surface area contributed by atoms with Crippen LogP contribution < -0.4 is 0 Å². The molecule has 4 fully saturated rings. The van der Waals surface area contributed by atoms with Crippen molar-refractivity contribution in [3.63, 3.8) is 0 Å². The third-order valence-corrected chi connectivity index (χ3v) is 6.73. The SMILES string of the molecule is COC12CCC(c3noc(C4CC4)c3C(=O)n3ccnc3)(CC1)CC2. The number of carbonyl (C=O) groups excluding carboxylic acids is 1. The number of ether oxygens (including phenoxy) is 1. The van der Waals surface area contributed by atoms with Crippen LogP contribution in [0.4, 0.5) is 0 Å². The summed E-state index contributed by atoms with van der Waals surface area (Å²) in [5.41, 5.74) is 1.59. The van der Waals surface area contributed by atoms with Crippen molar-refractivity contribution in [1.29, 1.82) is 0 Å². The first-order chi connectivity index (χ1) is 12.2. The van der Waals surface area contributed by atoms with Gasteiger partial charge in [0.05, 0.1) is 5.60 Å². The van der Waals surface area contributed by atoms with Gasteiger partial charge in [-0.15, -0.1) is 0 Å². The molecule has 132 valence electrons. The van der Waals surface area contributed by atoms with Crippen molar-refractivity contribution in [2.45, 2.75) is 68.3 Å². The van der Waals surface area contributed by atoms with E-state index >= 15 is 0 Å². The van der Waals surface area contributed by atoms with E-state index in [-0.39, 0.29) is 16.9 Å². The molecule has 6 rings (SSSR count). The molecule has 0 radical (unpaired) electrons. The molecule has 4 aliphatic rings. The van der Waals surface area contributed by atoms with Crippen LogP contribution in [0, 0.1) is 0 Å². The van der Waals surface area contributed by atoms with Crippen molar-refractivity contribution >= 4 is 5.91 Å². The Bertz CT molecular complexity index is 779. The van der Waals surface area contributed by atoms with Crippen molar-refractivity contribution in [2.75, 3.05) is 7.11 Å². The van der Waals surface area contributed by atoms with E-state index in [0.717, 1.165) is 62.8 Å². The van der Waals surface area contributed by atoms with Gasteiger partial charge in [-0.25, -0.2) is 4.98 Å². The van der Waals surface area contributed by atoms with Crippen LogP contribution in [0.1, 0.15) is 79.1 Å². The van der Waals surface area contributed by atoms with Crippen LogP contribution in [-0.2, 0) is 10.2 Å². The van der Waals surface area contributed by atoms with Crippen molar-refractivity contribution < 1.29 is 14.1 Å². The molecule has 0 aromatic carbocycles. The Morgan fingerprint density at radius 3 is 2.52 bits per heavy atom. The van der Waals surface area contributed by atoms with Gasteiger partial charge in [-0.05, 0) is 51.4 Å². The predicted molar refractivity (Wildman–Crippen MR) is 89.6 cm³/mol. The number of rotatable bonds is 4. The largest absolute Gasteiger partial charge is 0.378 e. The van der Waals surface area contributed by atoms with Gasteiger partial charge in [0.25, 0.3) is 5.91 Å². The predicted octanol–water partition coefficient (Wildman–Crippen LogP) is 3.43. The molecule has 0 N–H and O–H groups in total. The second-order valence-corrected chi connectivity index (χ2v) is 7.99. The fraction of sp³-hybridized carbons (Fsp3) is 0.632. The molecule has 0 unspecified atom stereocenters. The average Bonchev–Trinajstić information content (AvgIpc) is 3.19. The van der Waals surface area contributed by atoms with E-state index in [1.807, 2.05) is 7.11 Å². The molecule has 6 nitrogen and oxygen atoms in total.